The standard InChI is InChI=1S/C16H28N2O5S/c1-6-22-13(19)11-9-10(11)12(7-8-21-5)17-14(24)18-15(20)23-16(2,3)4/h10-12H,6-9H2,1-5H3,(H2,17,18,20,24)/t10-,11-,12+/m0/s1. The van der Waals surface area contributed by atoms with Crippen LogP contribution in [0, 0.1) is 11.8 Å². The summed E-state index contributed by atoms with van der Waals surface area (Å²) in [6.07, 6.45) is 0.811. The number of hydrogen-bond acceptors (Lipinski definition) is 6. The number of esters is 1. The molecule has 1 rings (SSSR count). The quantitative estimate of drug-likeness (QED) is 0.530. The van der Waals surface area contributed by atoms with Gasteiger partial charge in [-0.1, -0.05) is 0 Å². The van der Waals surface area contributed by atoms with E-state index in [0.29, 0.717) is 19.6 Å². The Morgan fingerprint density at radius 3 is 2.54 bits per heavy atom. The number of carbonyl (C=O) groups is 2. The van der Waals surface area contributed by atoms with E-state index < -0.39 is 11.7 Å². The van der Waals surface area contributed by atoms with Crippen LogP contribution in [0.25, 0.3) is 0 Å². The zero-order chi connectivity index (χ0) is 18.3. The minimum absolute atomic E-state index is 0.0678. The molecule has 0 aromatic carbocycles. The maximum atomic E-state index is 11.8. The summed E-state index contributed by atoms with van der Waals surface area (Å²) in [7, 11) is 1.62. The number of methoxy groups -OCH3 is 1. The highest BCUT2D eigenvalue weighted by molar-refractivity contribution is 7.80. The van der Waals surface area contributed by atoms with Gasteiger partial charge in [0.25, 0.3) is 0 Å². The number of hydrogen-bond donors (Lipinski definition) is 2. The van der Waals surface area contributed by atoms with Crippen LogP contribution in [0.15, 0.2) is 0 Å². The normalized spacial score (nSPS) is 20.7. The van der Waals surface area contributed by atoms with Gasteiger partial charge in [0, 0.05) is 19.8 Å². The average Bonchev–Trinajstić information content (AvgIpc) is 3.21. The number of nitrogens with one attached hydrogen (secondary N) is 2. The Labute approximate surface area is 148 Å². The fourth-order valence-electron chi connectivity index (χ4n) is 2.42. The summed E-state index contributed by atoms with van der Waals surface area (Å²) in [6, 6.07) is -0.0678. The second kappa shape index (κ2) is 9.17. The number of carbonyl (C=O) groups excluding carboxylic acids is 2. The minimum atomic E-state index is -0.608. The molecular formula is C16H28N2O5S. The van der Waals surface area contributed by atoms with Crippen molar-refractivity contribution in [3.05, 3.63) is 0 Å². The predicted octanol–water partition coefficient (Wildman–Crippen LogP) is 1.99. The summed E-state index contributed by atoms with van der Waals surface area (Å²) in [6.45, 7) is 8.02. The first-order chi connectivity index (χ1) is 11.2. The Hall–Kier alpha value is -1.41. The lowest BCUT2D eigenvalue weighted by Crippen LogP contribution is -2.47. The van der Waals surface area contributed by atoms with Crippen LogP contribution in [0.5, 0.6) is 0 Å². The molecule has 0 unspecified atom stereocenters. The van der Waals surface area contributed by atoms with Gasteiger partial charge in [0.1, 0.15) is 5.60 Å². The molecule has 0 bridgehead atoms. The van der Waals surface area contributed by atoms with Crippen LogP contribution in [0.3, 0.4) is 0 Å². The van der Waals surface area contributed by atoms with E-state index in [1.807, 2.05) is 0 Å². The molecule has 8 heteroatoms. The lowest BCUT2D eigenvalue weighted by molar-refractivity contribution is -0.145. The van der Waals surface area contributed by atoms with Crippen LogP contribution in [0.1, 0.15) is 40.5 Å². The number of thiocarbonyl (C=S) groups is 1. The van der Waals surface area contributed by atoms with E-state index in [1.54, 1.807) is 34.8 Å². The van der Waals surface area contributed by atoms with Gasteiger partial charge in [-0.15, -0.1) is 0 Å². The van der Waals surface area contributed by atoms with E-state index in [1.165, 1.54) is 0 Å². The SMILES string of the molecule is CCOC(=O)[C@H]1C[C@@H]1[C@@H](CCOC)NC(=S)NC(=O)OC(C)(C)C. The van der Waals surface area contributed by atoms with Crippen molar-refractivity contribution in [2.24, 2.45) is 11.8 Å². The molecule has 0 saturated heterocycles. The summed E-state index contributed by atoms with van der Waals surface area (Å²) < 4.78 is 15.3. The Kier molecular flexibility index (Phi) is 7.89. The van der Waals surface area contributed by atoms with Gasteiger partial charge in [-0.2, -0.15) is 0 Å². The van der Waals surface area contributed by atoms with E-state index in [-0.39, 0.29) is 29.0 Å². The summed E-state index contributed by atoms with van der Waals surface area (Å²) in [4.78, 5) is 23.6. The molecule has 1 saturated carbocycles. The van der Waals surface area contributed by atoms with Gasteiger partial charge < -0.3 is 19.5 Å². The number of alkyl carbamates (subject to hydrolysis) is 1. The van der Waals surface area contributed by atoms with Gasteiger partial charge in [0.2, 0.25) is 0 Å². The zero-order valence-electron chi connectivity index (χ0n) is 15.0. The van der Waals surface area contributed by atoms with Gasteiger partial charge >= 0.3 is 12.1 Å². The lowest BCUT2D eigenvalue weighted by Gasteiger charge is -2.23. The van der Waals surface area contributed by atoms with Crippen LogP contribution >= 0.6 is 12.2 Å². The van der Waals surface area contributed by atoms with Crippen molar-refractivity contribution in [3.8, 4) is 0 Å². The fourth-order valence-corrected chi connectivity index (χ4v) is 2.65. The molecule has 7 nitrogen and oxygen atoms in total. The van der Waals surface area contributed by atoms with Crippen LogP contribution in [-0.4, -0.2) is 49.1 Å². The molecule has 0 spiro atoms. The summed E-state index contributed by atoms with van der Waals surface area (Å²) in [5.41, 5.74) is -0.597. The Morgan fingerprint density at radius 2 is 2.00 bits per heavy atom. The van der Waals surface area contributed by atoms with Gasteiger partial charge in [-0.25, -0.2) is 4.79 Å². The highest BCUT2D eigenvalue weighted by atomic mass is 32.1. The largest absolute Gasteiger partial charge is 0.466 e. The Morgan fingerprint density at radius 1 is 1.33 bits per heavy atom. The zero-order valence-corrected chi connectivity index (χ0v) is 15.8. The van der Waals surface area contributed by atoms with Gasteiger partial charge in [-0.3, -0.25) is 10.1 Å². The molecule has 0 radical (unpaired) electrons. The smallest absolute Gasteiger partial charge is 0.413 e. The third-order valence-electron chi connectivity index (χ3n) is 3.51. The first-order valence-corrected chi connectivity index (χ1v) is 8.54. The second-order valence-corrected chi connectivity index (χ2v) is 7.15. The van der Waals surface area contributed by atoms with Crippen LogP contribution in [-0.2, 0) is 19.0 Å². The van der Waals surface area contributed by atoms with Crippen molar-refractivity contribution in [1.82, 2.24) is 10.6 Å². The van der Waals surface area contributed by atoms with Crippen molar-refractivity contribution in [3.63, 3.8) is 0 Å². The lowest BCUT2D eigenvalue weighted by atomic mass is 10.1. The maximum absolute atomic E-state index is 11.8. The van der Waals surface area contributed by atoms with E-state index in [0.717, 1.165) is 6.42 Å². The van der Waals surface area contributed by atoms with E-state index in [2.05, 4.69) is 10.6 Å². The van der Waals surface area contributed by atoms with E-state index in [9.17, 15) is 9.59 Å². The van der Waals surface area contributed by atoms with E-state index in [4.69, 9.17) is 26.4 Å². The molecule has 1 amide bonds. The van der Waals surface area contributed by atoms with Gasteiger partial charge in [-0.05, 0) is 58.7 Å². The fraction of sp³-hybridized carbons (Fsp3) is 0.812. The molecule has 1 fully saturated rings. The van der Waals surface area contributed by atoms with Crippen molar-refractivity contribution in [2.75, 3.05) is 20.3 Å². The average molecular weight is 360 g/mol. The molecule has 0 heterocycles. The van der Waals surface area contributed by atoms with Crippen molar-refractivity contribution in [1.29, 1.82) is 0 Å². The van der Waals surface area contributed by atoms with Crippen LogP contribution in [0.2, 0.25) is 0 Å². The molecule has 2 N–H and O–H groups in total. The molecule has 1 aliphatic carbocycles. The summed E-state index contributed by atoms with van der Waals surface area (Å²) >= 11 is 5.17. The highest BCUT2D eigenvalue weighted by Gasteiger charge is 2.48. The van der Waals surface area contributed by atoms with Crippen molar-refractivity contribution >= 4 is 29.4 Å². The van der Waals surface area contributed by atoms with Crippen LogP contribution < -0.4 is 10.6 Å². The molecule has 0 aromatic rings. The Bertz CT molecular complexity index is 464. The van der Waals surface area contributed by atoms with E-state index >= 15 is 0 Å². The molecule has 1 aliphatic rings. The number of ether oxygens (including phenoxy) is 3. The molecule has 24 heavy (non-hydrogen) atoms. The predicted molar refractivity (Wildman–Crippen MR) is 93.6 cm³/mol. The first-order valence-electron chi connectivity index (χ1n) is 8.14. The molecule has 0 aliphatic heterocycles. The van der Waals surface area contributed by atoms with Crippen LogP contribution in [0.4, 0.5) is 4.79 Å². The van der Waals surface area contributed by atoms with Crippen molar-refractivity contribution < 1.29 is 23.8 Å². The van der Waals surface area contributed by atoms with Gasteiger partial charge in [0.15, 0.2) is 5.11 Å². The molecule has 138 valence electrons. The van der Waals surface area contributed by atoms with Crippen molar-refractivity contribution in [2.45, 2.75) is 52.2 Å². The molecule has 3 atom stereocenters. The Balaban J connectivity index is 2.53. The first kappa shape index (κ1) is 20.6. The maximum Gasteiger partial charge on any atom is 0.413 e. The van der Waals surface area contributed by atoms with Gasteiger partial charge in [0.05, 0.1) is 12.5 Å². The topological polar surface area (TPSA) is 85.9 Å². The second-order valence-electron chi connectivity index (χ2n) is 6.75. The molecule has 0 aromatic heterocycles. The highest BCUT2D eigenvalue weighted by Crippen LogP contribution is 2.43. The third kappa shape index (κ3) is 7.44. The number of amides is 1. The minimum Gasteiger partial charge on any atom is -0.466 e. The monoisotopic (exact) mass is 360 g/mol. The summed E-state index contributed by atoms with van der Waals surface area (Å²) in [5, 5.41) is 5.77. The molecular weight excluding hydrogens is 332 g/mol. The summed E-state index contributed by atoms with van der Waals surface area (Å²) in [5.74, 6) is -0.182. The third-order valence-corrected chi connectivity index (χ3v) is 3.73. The number of rotatable bonds is 7.